The van der Waals surface area contributed by atoms with E-state index in [1.165, 1.54) is 0 Å². The summed E-state index contributed by atoms with van der Waals surface area (Å²) in [5.74, 6) is -0.0706. The predicted octanol–water partition coefficient (Wildman–Crippen LogP) is 1.92. The van der Waals surface area contributed by atoms with Gasteiger partial charge in [0, 0.05) is 12.0 Å². The van der Waals surface area contributed by atoms with Crippen molar-refractivity contribution in [1.29, 1.82) is 0 Å². The van der Waals surface area contributed by atoms with Gasteiger partial charge in [-0.05, 0) is 12.0 Å². The molecule has 0 radical (unpaired) electrons. The van der Waals surface area contributed by atoms with E-state index < -0.39 is 0 Å². The lowest BCUT2D eigenvalue weighted by atomic mass is 10.1. The van der Waals surface area contributed by atoms with E-state index in [9.17, 15) is 0 Å². The van der Waals surface area contributed by atoms with Gasteiger partial charge < -0.3 is 5.73 Å². The predicted molar refractivity (Wildman–Crippen MR) is 49.0 cm³/mol. The molecule has 0 saturated heterocycles. The number of hydrogen-bond donors (Lipinski definition) is 1. The Hall–Kier alpha value is -0.530. The van der Waals surface area contributed by atoms with Gasteiger partial charge in [-0.25, -0.2) is 0 Å². The number of nitrogens with two attached hydrogens (primary N) is 1. The molecule has 0 heterocycles. The normalized spacial score (nSPS) is 33.7. The molecule has 0 unspecified atom stereocenters. The summed E-state index contributed by atoms with van der Waals surface area (Å²) in [7, 11) is 0. The molecule has 0 amide bonds. The first kappa shape index (κ1) is 3.92. The van der Waals surface area contributed by atoms with Gasteiger partial charge in [0.2, 0.25) is 0 Å². The zero-order valence-electron chi connectivity index (χ0n) is 10.8. The van der Waals surface area contributed by atoms with Crippen molar-refractivity contribution in [1.82, 2.24) is 0 Å². The van der Waals surface area contributed by atoms with Crippen molar-refractivity contribution in [3.05, 3.63) is 35.8 Å². The first-order valence-electron chi connectivity index (χ1n) is 5.77. The molecule has 1 aliphatic rings. The van der Waals surface area contributed by atoms with E-state index in [1.807, 2.05) is 0 Å². The summed E-state index contributed by atoms with van der Waals surface area (Å²) in [6.45, 7) is 0. The summed E-state index contributed by atoms with van der Waals surface area (Å²) >= 11 is 0. The lowest BCUT2D eigenvalue weighted by molar-refractivity contribution is 0.991. The molecule has 2 rings (SSSR count). The minimum absolute atomic E-state index is 0. The summed E-state index contributed by atoms with van der Waals surface area (Å²) in [6, 6.07) is -1.18. The van der Waals surface area contributed by atoms with E-state index in [0.29, 0.717) is 12.0 Å². The minimum atomic E-state index is -0.344. The Kier molecular flexibility index (Phi) is 1.16. The molecule has 2 atom stereocenters. The molecule has 0 aromatic heterocycles. The van der Waals surface area contributed by atoms with Crippen LogP contribution in [0.15, 0.2) is 30.2 Å². The molecular weight excluding hydrogens is 158 g/mol. The van der Waals surface area contributed by atoms with Crippen molar-refractivity contribution in [2.45, 2.75) is 18.4 Å². The lowest BCUT2D eigenvalue weighted by Gasteiger charge is -1.94. The lowest BCUT2D eigenvalue weighted by Crippen LogP contribution is -2.00. The van der Waals surface area contributed by atoms with E-state index in [2.05, 4.69) is 0 Å². The Morgan fingerprint density at radius 1 is 1.36 bits per heavy atom. The molecule has 2 heteroatoms. The molecule has 1 aliphatic carbocycles. The smallest absolute Gasteiger partial charge is 0.0626 e. The van der Waals surface area contributed by atoms with Crippen LogP contribution in [-0.4, -0.2) is 6.04 Å². The highest BCUT2D eigenvalue weighted by molar-refractivity contribution is 5.85. The fourth-order valence-electron chi connectivity index (χ4n) is 0.992. The molecule has 1 aromatic carbocycles. The zero-order chi connectivity index (χ0) is 11.3. The second-order valence-corrected chi connectivity index (χ2v) is 2.54. The molecule has 2 N–H and O–H groups in total. The Morgan fingerprint density at radius 3 is 2.36 bits per heavy atom. The van der Waals surface area contributed by atoms with Gasteiger partial charge in [0.25, 0.3) is 0 Å². The van der Waals surface area contributed by atoms with E-state index in [4.69, 9.17) is 12.6 Å². The van der Waals surface area contributed by atoms with Crippen molar-refractivity contribution < 1.29 is 6.85 Å². The third-order valence-electron chi connectivity index (χ3n) is 1.73. The fraction of sp³-hybridized carbons (Fsp3) is 0.333. The first-order chi connectivity index (χ1) is 6.95. The number of benzene rings is 1. The fourth-order valence-corrected chi connectivity index (χ4v) is 0.992. The highest BCUT2D eigenvalue weighted by atomic mass is 35.5. The standard InChI is InChI=1S/C9H11N.ClH/c10-9-6-8(9)7-4-2-1-3-5-7;/h1-5,8-9H,6,10H2;1H/t8-,9-;/m1./s1/i1D,2D,3D,4D,5D;. The van der Waals surface area contributed by atoms with Crippen LogP contribution in [0.3, 0.4) is 0 Å². The van der Waals surface area contributed by atoms with Gasteiger partial charge in [0.05, 0.1) is 6.85 Å². The van der Waals surface area contributed by atoms with Crippen molar-refractivity contribution in [2.75, 3.05) is 0 Å². The Labute approximate surface area is 80.0 Å². The van der Waals surface area contributed by atoms with E-state index in [-0.39, 0.29) is 54.6 Å². The van der Waals surface area contributed by atoms with Gasteiger partial charge >= 0.3 is 0 Å². The number of halogens is 1. The second-order valence-electron chi connectivity index (χ2n) is 2.54. The molecule has 11 heavy (non-hydrogen) atoms. The van der Waals surface area contributed by atoms with E-state index >= 15 is 0 Å². The second kappa shape index (κ2) is 3.24. The third-order valence-corrected chi connectivity index (χ3v) is 1.73. The van der Waals surface area contributed by atoms with Gasteiger partial charge in [-0.1, -0.05) is 30.2 Å². The summed E-state index contributed by atoms with van der Waals surface area (Å²) in [5, 5.41) is 0. The third kappa shape index (κ3) is 1.73. The van der Waals surface area contributed by atoms with Gasteiger partial charge in [-0.2, -0.15) is 0 Å². The van der Waals surface area contributed by atoms with Crippen molar-refractivity contribution in [2.24, 2.45) is 5.73 Å². The summed E-state index contributed by atoms with van der Waals surface area (Å²) in [5.41, 5.74) is 6.01. The molecular formula is C9H12ClN. The van der Waals surface area contributed by atoms with Crippen molar-refractivity contribution >= 4 is 12.4 Å². The molecule has 60 valence electrons. The maximum absolute atomic E-state index is 7.67. The van der Waals surface area contributed by atoms with Crippen LogP contribution in [0.1, 0.15) is 24.8 Å². The van der Waals surface area contributed by atoms with Crippen LogP contribution < -0.4 is 5.73 Å². The van der Waals surface area contributed by atoms with Crippen LogP contribution in [0, 0.1) is 0 Å². The van der Waals surface area contributed by atoms with Gasteiger partial charge in [0.1, 0.15) is 0 Å². The quantitative estimate of drug-likeness (QED) is 0.692. The van der Waals surface area contributed by atoms with Gasteiger partial charge in [-0.15, -0.1) is 12.4 Å². The molecule has 0 aliphatic heterocycles. The topological polar surface area (TPSA) is 26.0 Å². The molecule has 1 aromatic rings. The highest BCUT2D eigenvalue weighted by Gasteiger charge is 2.34. The van der Waals surface area contributed by atoms with Gasteiger partial charge in [-0.3, -0.25) is 0 Å². The molecule has 1 saturated carbocycles. The first-order valence-corrected chi connectivity index (χ1v) is 3.27. The van der Waals surface area contributed by atoms with Crippen LogP contribution >= 0.6 is 12.4 Å². The number of hydrogen-bond acceptors (Lipinski definition) is 1. The van der Waals surface area contributed by atoms with Crippen LogP contribution in [0.25, 0.3) is 0 Å². The largest absolute Gasteiger partial charge is 0.327 e. The van der Waals surface area contributed by atoms with Crippen LogP contribution in [0.2, 0.25) is 0 Å². The monoisotopic (exact) mass is 174 g/mol. The maximum Gasteiger partial charge on any atom is 0.0626 e. The Balaban J connectivity index is 0.00000128. The SMILES string of the molecule is Cl.[2H]c1c([2H])c([2H])c([C@H]2C[C@H]2N)c([2H])c1[2H]. The van der Waals surface area contributed by atoms with Crippen LogP contribution in [0.4, 0.5) is 0 Å². The van der Waals surface area contributed by atoms with Crippen LogP contribution in [-0.2, 0) is 0 Å². The molecule has 0 spiro atoms. The van der Waals surface area contributed by atoms with Gasteiger partial charge in [0.15, 0.2) is 0 Å². The maximum atomic E-state index is 7.67. The average molecular weight is 175 g/mol. The zero-order valence-corrected chi connectivity index (χ0v) is 6.66. The minimum Gasteiger partial charge on any atom is -0.327 e. The Morgan fingerprint density at radius 2 is 1.91 bits per heavy atom. The molecule has 1 fully saturated rings. The molecule has 0 bridgehead atoms. The van der Waals surface area contributed by atoms with E-state index in [1.54, 1.807) is 0 Å². The van der Waals surface area contributed by atoms with Crippen molar-refractivity contribution in [3.63, 3.8) is 0 Å². The number of rotatable bonds is 1. The van der Waals surface area contributed by atoms with E-state index in [0.717, 1.165) is 0 Å². The highest BCUT2D eigenvalue weighted by Crippen LogP contribution is 2.38. The van der Waals surface area contributed by atoms with Crippen molar-refractivity contribution in [3.8, 4) is 0 Å². The molecule has 1 nitrogen and oxygen atoms in total. The summed E-state index contributed by atoms with van der Waals surface area (Å²) in [4.78, 5) is 0. The average Bonchev–Trinajstić information content (AvgIpc) is 2.90. The Bertz CT molecular complexity index is 407. The summed E-state index contributed by atoms with van der Waals surface area (Å²) < 4.78 is 37.7. The summed E-state index contributed by atoms with van der Waals surface area (Å²) in [6.07, 6.45) is 0.702. The van der Waals surface area contributed by atoms with Crippen LogP contribution in [0.5, 0.6) is 0 Å².